The monoisotopic (exact) mass is 305 g/mol. The third kappa shape index (κ3) is 3.33. The van der Waals surface area contributed by atoms with Crippen LogP contribution in [-0.4, -0.2) is 4.98 Å². The molecule has 0 aliphatic heterocycles. The molecule has 0 aliphatic rings. The van der Waals surface area contributed by atoms with Crippen LogP contribution in [0.1, 0.15) is 26.3 Å². The van der Waals surface area contributed by atoms with Crippen molar-refractivity contribution in [1.82, 2.24) is 4.98 Å². The zero-order valence-electron chi connectivity index (χ0n) is 10.8. The van der Waals surface area contributed by atoms with Crippen LogP contribution in [0.5, 0.6) is 11.5 Å². The van der Waals surface area contributed by atoms with Crippen molar-refractivity contribution in [2.45, 2.75) is 26.2 Å². The van der Waals surface area contributed by atoms with Gasteiger partial charge in [-0.25, -0.2) is 0 Å². The smallest absolute Gasteiger partial charge is 0.146 e. The van der Waals surface area contributed by atoms with Crippen molar-refractivity contribution < 1.29 is 4.74 Å². The zero-order chi connectivity index (χ0) is 13.2. The molecule has 1 aromatic carbocycles. The van der Waals surface area contributed by atoms with Gasteiger partial charge in [-0.15, -0.1) is 0 Å². The molecule has 0 saturated heterocycles. The first-order chi connectivity index (χ1) is 8.45. The zero-order valence-corrected chi connectivity index (χ0v) is 12.4. The third-order valence-corrected chi connectivity index (χ3v) is 3.07. The molecule has 0 aliphatic carbocycles. The largest absolute Gasteiger partial charge is 0.456 e. The van der Waals surface area contributed by atoms with Gasteiger partial charge >= 0.3 is 0 Å². The topological polar surface area (TPSA) is 22.1 Å². The Kier molecular flexibility index (Phi) is 3.71. The number of benzene rings is 1. The van der Waals surface area contributed by atoms with E-state index in [2.05, 4.69) is 53.8 Å². The summed E-state index contributed by atoms with van der Waals surface area (Å²) in [7, 11) is 0. The van der Waals surface area contributed by atoms with Gasteiger partial charge in [0.2, 0.25) is 0 Å². The molecule has 2 rings (SSSR count). The molecular formula is C15H16BrNO. The van der Waals surface area contributed by atoms with E-state index >= 15 is 0 Å². The Hall–Kier alpha value is -1.35. The summed E-state index contributed by atoms with van der Waals surface area (Å²) in [6.07, 6.45) is 3.43. The van der Waals surface area contributed by atoms with E-state index in [9.17, 15) is 0 Å². The minimum absolute atomic E-state index is 0.163. The van der Waals surface area contributed by atoms with Crippen molar-refractivity contribution in [2.24, 2.45) is 0 Å². The van der Waals surface area contributed by atoms with Crippen molar-refractivity contribution in [1.29, 1.82) is 0 Å². The Morgan fingerprint density at radius 1 is 1.00 bits per heavy atom. The number of ether oxygens (including phenoxy) is 1. The normalized spacial score (nSPS) is 11.3. The van der Waals surface area contributed by atoms with Gasteiger partial charge in [0.15, 0.2) is 0 Å². The molecule has 1 heterocycles. The summed E-state index contributed by atoms with van der Waals surface area (Å²) in [6.45, 7) is 6.59. The van der Waals surface area contributed by atoms with E-state index in [1.54, 1.807) is 12.4 Å². The summed E-state index contributed by atoms with van der Waals surface area (Å²) in [5.74, 6) is 1.55. The maximum Gasteiger partial charge on any atom is 0.146 e. The van der Waals surface area contributed by atoms with Gasteiger partial charge in [-0.3, -0.25) is 4.98 Å². The first kappa shape index (κ1) is 13.1. The van der Waals surface area contributed by atoms with E-state index in [0.29, 0.717) is 0 Å². The van der Waals surface area contributed by atoms with Gasteiger partial charge in [0, 0.05) is 10.7 Å². The summed E-state index contributed by atoms with van der Waals surface area (Å²) in [4.78, 5) is 4.07. The second-order valence-electron chi connectivity index (χ2n) is 5.22. The molecule has 2 aromatic rings. The highest BCUT2D eigenvalue weighted by Gasteiger charge is 2.13. The van der Waals surface area contributed by atoms with Gasteiger partial charge in [-0.1, -0.05) is 32.9 Å². The van der Waals surface area contributed by atoms with Gasteiger partial charge in [0.25, 0.3) is 0 Å². The highest BCUT2D eigenvalue weighted by molar-refractivity contribution is 9.10. The third-order valence-electron chi connectivity index (χ3n) is 2.64. The van der Waals surface area contributed by atoms with Crippen LogP contribution in [0.4, 0.5) is 0 Å². The van der Waals surface area contributed by atoms with Crippen molar-refractivity contribution in [3.05, 3.63) is 52.8 Å². The molecule has 94 valence electrons. The lowest BCUT2D eigenvalue weighted by Crippen LogP contribution is -2.10. The standard InChI is InChI=1S/C15H16BrNO/c1-15(2,3)11-4-6-13(7-5-11)18-14-8-12(16)9-17-10-14/h4-10H,1-3H3. The fourth-order valence-corrected chi connectivity index (χ4v) is 1.95. The van der Waals surface area contributed by atoms with E-state index in [4.69, 9.17) is 4.74 Å². The Labute approximate surface area is 116 Å². The second-order valence-corrected chi connectivity index (χ2v) is 6.13. The molecule has 0 spiro atoms. The van der Waals surface area contributed by atoms with Gasteiger partial charge in [0.05, 0.1) is 6.20 Å². The van der Waals surface area contributed by atoms with E-state index in [1.165, 1.54) is 5.56 Å². The van der Waals surface area contributed by atoms with Crippen LogP contribution in [0, 0.1) is 0 Å². The van der Waals surface area contributed by atoms with Gasteiger partial charge in [-0.05, 0) is 45.1 Å². The summed E-state index contributed by atoms with van der Waals surface area (Å²) < 4.78 is 6.64. The molecule has 0 N–H and O–H groups in total. The summed E-state index contributed by atoms with van der Waals surface area (Å²) in [5.41, 5.74) is 1.46. The van der Waals surface area contributed by atoms with Gasteiger partial charge in [0.1, 0.15) is 11.5 Å². The molecule has 2 nitrogen and oxygen atoms in total. The van der Waals surface area contributed by atoms with Crippen LogP contribution in [0.2, 0.25) is 0 Å². The Balaban J connectivity index is 2.16. The van der Waals surface area contributed by atoms with E-state index in [1.807, 2.05) is 18.2 Å². The summed E-state index contributed by atoms with van der Waals surface area (Å²) in [6, 6.07) is 10.1. The SMILES string of the molecule is CC(C)(C)c1ccc(Oc2cncc(Br)c2)cc1. The summed E-state index contributed by atoms with van der Waals surface area (Å²) in [5, 5.41) is 0. The fraction of sp³-hybridized carbons (Fsp3) is 0.267. The molecule has 18 heavy (non-hydrogen) atoms. The van der Waals surface area contributed by atoms with Crippen LogP contribution >= 0.6 is 15.9 Å². The second kappa shape index (κ2) is 5.11. The highest BCUT2D eigenvalue weighted by Crippen LogP contribution is 2.27. The predicted octanol–water partition coefficient (Wildman–Crippen LogP) is 4.93. The van der Waals surface area contributed by atoms with Crippen molar-refractivity contribution >= 4 is 15.9 Å². The lowest BCUT2D eigenvalue weighted by atomic mass is 9.87. The molecule has 0 saturated carbocycles. The molecule has 0 atom stereocenters. The Bertz CT molecular complexity index is 529. The van der Waals surface area contributed by atoms with Crippen molar-refractivity contribution in [3.8, 4) is 11.5 Å². The number of pyridine rings is 1. The van der Waals surface area contributed by atoms with Crippen molar-refractivity contribution in [3.63, 3.8) is 0 Å². The first-order valence-electron chi connectivity index (χ1n) is 5.84. The van der Waals surface area contributed by atoms with Gasteiger partial charge < -0.3 is 4.74 Å². The molecule has 3 heteroatoms. The molecule has 0 unspecified atom stereocenters. The van der Waals surface area contributed by atoms with Crippen LogP contribution in [0.3, 0.4) is 0 Å². The molecule has 0 fully saturated rings. The average molecular weight is 306 g/mol. The van der Waals surface area contributed by atoms with Crippen molar-refractivity contribution in [2.75, 3.05) is 0 Å². The highest BCUT2D eigenvalue weighted by atomic mass is 79.9. The maximum atomic E-state index is 5.73. The summed E-state index contributed by atoms with van der Waals surface area (Å²) >= 11 is 3.37. The fourth-order valence-electron chi connectivity index (χ4n) is 1.61. The van der Waals surface area contributed by atoms with Crippen LogP contribution in [-0.2, 0) is 5.41 Å². The number of rotatable bonds is 2. The van der Waals surface area contributed by atoms with Crippen LogP contribution in [0.25, 0.3) is 0 Å². The predicted molar refractivity (Wildman–Crippen MR) is 77.2 cm³/mol. The van der Waals surface area contributed by atoms with Crippen LogP contribution < -0.4 is 4.74 Å². The average Bonchev–Trinajstić information content (AvgIpc) is 2.28. The number of nitrogens with zero attached hydrogens (tertiary/aromatic N) is 1. The van der Waals surface area contributed by atoms with E-state index in [0.717, 1.165) is 16.0 Å². The molecule has 1 aromatic heterocycles. The minimum Gasteiger partial charge on any atom is -0.456 e. The van der Waals surface area contributed by atoms with E-state index < -0.39 is 0 Å². The van der Waals surface area contributed by atoms with Gasteiger partial charge in [-0.2, -0.15) is 0 Å². The Morgan fingerprint density at radius 2 is 1.67 bits per heavy atom. The molecule has 0 bridgehead atoms. The van der Waals surface area contributed by atoms with E-state index in [-0.39, 0.29) is 5.41 Å². The first-order valence-corrected chi connectivity index (χ1v) is 6.63. The maximum absolute atomic E-state index is 5.73. The Morgan fingerprint density at radius 3 is 2.22 bits per heavy atom. The number of hydrogen-bond acceptors (Lipinski definition) is 2. The molecule has 0 radical (unpaired) electrons. The lowest BCUT2D eigenvalue weighted by Gasteiger charge is -2.19. The lowest BCUT2D eigenvalue weighted by molar-refractivity contribution is 0.478. The number of aromatic nitrogens is 1. The number of halogens is 1. The quantitative estimate of drug-likeness (QED) is 0.784. The molecular weight excluding hydrogens is 290 g/mol. The minimum atomic E-state index is 0.163. The molecule has 0 amide bonds. The van der Waals surface area contributed by atoms with Crippen LogP contribution in [0.15, 0.2) is 47.2 Å². The number of hydrogen-bond donors (Lipinski definition) is 0.